The number of hydrogen-bond acceptors (Lipinski definition) is 3. The molecule has 0 spiro atoms. The number of carbonyl (C=O) groups excluding carboxylic acids is 1. The molecule has 29 heavy (non-hydrogen) atoms. The third-order valence-corrected chi connectivity index (χ3v) is 5.52. The predicted octanol–water partition coefficient (Wildman–Crippen LogP) is 5.85. The van der Waals surface area contributed by atoms with Crippen molar-refractivity contribution in [1.82, 2.24) is 10.3 Å². The minimum absolute atomic E-state index is 0.0514. The highest BCUT2D eigenvalue weighted by Gasteiger charge is 2.11. The van der Waals surface area contributed by atoms with Gasteiger partial charge < -0.3 is 5.32 Å². The molecule has 5 heteroatoms. The first-order chi connectivity index (χ1) is 14.1. The van der Waals surface area contributed by atoms with Gasteiger partial charge in [-0.15, -0.1) is 11.3 Å². The first-order valence-electron chi connectivity index (χ1n) is 9.25. The van der Waals surface area contributed by atoms with Crippen LogP contribution in [0.2, 0.25) is 0 Å². The number of thiazole rings is 1. The number of rotatable bonds is 5. The van der Waals surface area contributed by atoms with Crippen LogP contribution in [0.25, 0.3) is 21.8 Å². The standard InChI is InChI=1S/C24H19FN2OS/c1-16-6-10-18(11-7-16)22-15-29-24(27-22)19-12-8-17(9-13-19)14-26-23(28)20-4-2-3-5-21(20)25/h2-13,15H,14H2,1H3,(H,26,28). The Hall–Kier alpha value is -3.31. The first-order valence-corrected chi connectivity index (χ1v) is 10.1. The molecular formula is C24H19FN2OS. The summed E-state index contributed by atoms with van der Waals surface area (Å²) in [5.74, 6) is -0.941. The highest BCUT2D eigenvalue weighted by molar-refractivity contribution is 7.13. The summed E-state index contributed by atoms with van der Waals surface area (Å²) in [6, 6.07) is 22.2. The number of hydrogen-bond donors (Lipinski definition) is 1. The van der Waals surface area contributed by atoms with Crippen molar-refractivity contribution in [2.75, 3.05) is 0 Å². The van der Waals surface area contributed by atoms with E-state index in [-0.39, 0.29) is 5.56 Å². The van der Waals surface area contributed by atoms with Gasteiger partial charge in [-0.05, 0) is 24.6 Å². The molecule has 0 aliphatic rings. The zero-order valence-corrected chi connectivity index (χ0v) is 16.7. The Labute approximate surface area is 172 Å². The van der Waals surface area contributed by atoms with E-state index in [1.165, 1.54) is 17.7 Å². The van der Waals surface area contributed by atoms with E-state index in [0.717, 1.165) is 27.4 Å². The molecule has 4 aromatic rings. The van der Waals surface area contributed by atoms with E-state index in [1.54, 1.807) is 23.5 Å². The van der Waals surface area contributed by atoms with Crippen LogP contribution >= 0.6 is 11.3 Å². The molecule has 0 bridgehead atoms. The summed E-state index contributed by atoms with van der Waals surface area (Å²) < 4.78 is 13.7. The Morgan fingerprint density at radius 3 is 2.38 bits per heavy atom. The maximum atomic E-state index is 13.7. The third-order valence-electron chi connectivity index (χ3n) is 4.62. The van der Waals surface area contributed by atoms with Gasteiger partial charge in [0.15, 0.2) is 0 Å². The van der Waals surface area contributed by atoms with Crippen LogP contribution in [0.1, 0.15) is 21.5 Å². The number of halogens is 1. The van der Waals surface area contributed by atoms with Crippen LogP contribution in [0, 0.1) is 12.7 Å². The Morgan fingerprint density at radius 1 is 0.966 bits per heavy atom. The number of aromatic nitrogens is 1. The summed E-state index contributed by atoms with van der Waals surface area (Å²) in [5.41, 5.74) is 5.31. The van der Waals surface area contributed by atoms with Gasteiger partial charge in [0.25, 0.3) is 5.91 Å². The van der Waals surface area contributed by atoms with Gasteiger partial charge in [0.05, 0.1) is 11.3 Å². The summed E-state index contributed by atoms with van der Waals surface area (Å²) in [7, 11) is 0. The van der Waals surface area contributed by atoms with Gasteiger partial charge in [-0.1, -0.05) is 66.2 Å². The fourth-order valence-corrected chi connectivity index (χ4v) is 3.79. The Morgan fingerprint density at radius 2 is 1.66 bits per heavy atom. The lowest BCUT2D eigenvalue weighted by Gasteiger charge is -2.07. The normalized spacial score (nSPS) is 10.7. The molecule has 0 aliphatic heterocycles. The molecule has 1 amide bonds. The van der Waals surface area contributed by atoms with E-state index >= 15 is 0 Å². The predicted molar refractivity (Wildman–Crippen MR) is 115 cm³/mol. The van der Waals surface area contributed by atoms with Crippen molar-refractivity contribution >= 4 is 17.2 Å². The van der Waals surface area contributed by atoms with Crippen LogP contribution in [0.3, 0.4) is 0 Å². The highest BCUT2D eigenvalue weighted by Crippen LogP contribution is 2.29. The molecule has 0 saturated heterocycles. The highest BCUT2D eigenvalue weighted by atomic mass is 32.1. The largest absolute Gasteiger partial charge is 0.348 e. The molecule has 0 atom stereocenters. The quantitative estimate of drug-likeness (QED) is 0.455. The van der Waals surface area contributed by atoms with Gasteiger partial charge >= 0.3 is 0 Å². The number of aryl methyl sites for hydroxylation is 1. The van der Waals surface area contributed by atoms with E-state index < -0.39 is 11.7 Å². The second kappa shape index (κ2) is 8.37. The van der Waals surface area contributed by atoms with Gasteiger partial charge in [-0.25, -0.2) is 9.37 Å². The van der Waals surface area contributed by atoms with E-state index in [0.29, 0.717) is 6.54 Å². The van der Waals surface area contributed by atoms with Crippen molar-refractivity contribution in [1.29, 1.82) is 0 Å². The molecule has 144 valence electrons. The van der Waals surface area contributed by atoms with E-state index in [9.17, 15) is 9.18 Å². The van der Waals surface area contributed by atoms with Crippen LogP contribution in [-0.4, -0.2) is 10.9 Å². The fraction of sp³-hybridized carbons (Fsp3) is 0.0833. The molecule has 1 heterocycles. The summed E-state index contributed by atoms with van der Waals surface area (Å²) in [5, 5.41) is 5.76. The van der Waals surface area contributed by atoms with E-state index in [4.69, 9.17) is 4.98 Å². The minimum atomic E-state index is -0.520. The lowest BCUT2D eigenvalue weighted by atomic mass is 10.1. The van der Waals surface area contributed by atoms with Gasteiger partial charge in [0.1, 0.15) is 10.8 Å². The second-order valence-electron chi connectivity index (χ2n) is 6.76. The summed E-state index contributed by atoms with van der Waals surface area (Å²) in [6.45, 7) is 2.40. The molecule has 3 nitrogen and oxygen atoms in total. The Kier molecular flexibility index (Phi) is 5.49. The lowest BCUT2D eigenvalue weighted by molar-refractivity contribution is 0.0947. The molecule has 1 aromatic heterocycles. The number of benzene rings is 3. The third kappa shape index (κ3) is 4.41. The fourth-order valence-electron chi connectivity index (χ4n) is 2.95. The molecule has 0 unspecified atom stereocenters. The maximum Gasteiger partial charge on any atom is 0.254 e. The zero-order valence-electron chi connectivity index (χ0n) is 15.9. The van der Waals surface area contributed by atoms with Crippen molar-refractivity contribution in [3.05, 3.63) is 101 Å². The second-order valence-corrected chi connectivity index (χ2v) is 7.62. The van der Waals surface area contributed by atoms with Crippen LogP contribution in [0.5, 0.6) is 0 Å². The number of amides is 1. The van der Waals surface area contributed by atoms with Crippen LogP contribution in [-0.2, 0) is 6.54 Å². The lowest BCUT2D eigenvalue weighted by Crippen LogP contribution is -2.23. The molecule has 0 fully saturated rings. The summed E-state index contributed by atoms with van der Waals surface area (Å²) in [6.07, 6.45) is 0. The Balaban J connectivity index is 1.42. The molecule has 4 rings (SSSR count). The average Bonchev–Trinajstić information content (AvgIpc) is 3.23. The monoisotopic (exact) mass is 402 g/mol. The zero-order chi connectivity index (χ0) is 20.2. The van der Waals surface area contributed by atoms with Crippen molar-refractivity contribution < 1.29 is 9.18 Å². The topological polar surface area (TPSA) is 42.0 Å². The first kappa shape index (κ1) is 19.0. The molecule has 0 saturated carbocycles. The summed E-state index contributed by atoms with van der Waals surface area (Å²) in [4.78, 5) is 16.9. The maximum absolute atomic E-state index is 13.7. The van der Waals surface area contributed by atoms with Gasteiger partial charge in [-0.3, -0.25) is 4.79 Å². The molecule has 1 N–H and O–H groups in total. The molecule has 0 radical (unpaired) electrons. The smallest absolute Gasteiger partial charge is 0.254 e. The van der Waals surface area contributed by atoms with Crippen LogP contribution in [0.4, 0.5) is 4.39 Å². The van der Waals surface area contributed by atoms with Crippen molar-refractivity contribution in [2.45, 2.75) is 13.5 Å². The van der Waals surface area contributed by atoms with Gasteiger partial charge in [0, 0.05) is 23.1 Å². The number of nitrogens with zero attached hydrogens (tertiary/aromatic N) is 1. The number of carbonyl (C=O) groups is 1. The van der Waals surface area contributed by atoms with E-state index in [1.807, 2.05) is 24.3 Å². The van der Waals surface area contributed by atoms with Gasteiger partial charge in [-0.2, -0.15) is 0 Å². The van der Waals surface area contributed by atoms with Crippen molar-refractivity contribution in [3.8, 4) is 21.8 Å². The summed E-state index contributed by atoms with van der Waals surface area (Å²) >= 11 is 1.60. The van der Waals surface area contributed by atoms with Crippen molar-refractivity contribution in [3.63, 3.8) is 0 Å². The molecular weight excluding hydrogens is 383 g/mol. The molecule has 3 aromatic carbocycles. The van der Waals surface area contributed by atoms with Crippen molar-refractivity contribution in [2.24, 2.45) is 0 Å². The number of nitrogens with one attached hydrogen (secondary N) is 1. The van der Waals surface area contributed by atoms with E-state index in [2.05, 4.69) is 41.9 Å². The SMILES string of the molecule is Cc1ccc(-c2csc(-c3ccc(CNC(=O)c4ccccc4F)cc3)n2)cc1. The average molecular weight is 402 g/mol. The van der Waals surface area contributed by atoms with Gasteiger partial charge in [0.2, 0.25) is 0 Å². The van der Waals surface area contributed by atoms with Crippen LogP contribution < -0.4 is 5.32 Å². The van der Waals surface area contributed by atoms with Crippen LogP contribution in [0.15, 0.2) is 78.2 Å². The Bertz CT molecular complexity index is 1130. The minimum Gasteiger partial charge on any atom is -0.348 e. The molecule has 0 aliphatic carbocycles.